The maximum absolute atomic E-state index is 6.09. The van der Waals surface area contributed by atoms with E-state index in [4.69, 9.17) is 11.5 Å². The van der Waals surface area contributed by atoms with Gasteiger partial charge in [-0.3, -0.25) is 0 Å². The monoisotopic (exact) mass is 234 g/mol. The number of aryl methyl sites for hydroxylation is 1. The van der Waals surface area contributed by atoms with Gasteiger partial charge in [-0.05, 0) is 45.0 Å². The quantitative estimate of drug-likeness (QED) is 0.675. The van der Waals surface area contributed by atoms with Crippen LogP contribution in [-0.2, 0) is 6.42 Å². The van der Waals surface area contributed by atoms with Crippen LogP contribution in [0.2, 0.25) is 0 Å². The van der Waals surface area contributed by atoms with Crippen molar-refractivity contribution in [1.29, 1.82) is 0 Å². The Kier molecular flexibility index (Phi) is 3.15. The highest BCUT2D eigenvalue weighted by molar-refractivity contribution is 5.80. The van der Waals surface area contributed by atoms with Crippen molar-refractivity contribution in [2.75, 3.05) is 44.0 Å². The molecule has 1 heterocycles. The van der Waals surface area contributed by atoms with Gasteiger partial charge >= 0.3 is 0 Å². The minimum Gasteiger partial charge on any atom is -0.398 e. The third kappa shape index (κ3) is 2.31. The van der Waals surface area contributed by atoms with Crippen LogP contribution >= 0.6 is 0 Å². The van der Waals surface area contributed by atoms with E-state index in [1.807, 2.05) is 13.0 Å². The summed E-state index contributed by atoms with van der Waals surface area (Å²) in [6.45, 7) is 4.04. The average molecular weight is 234 g/mol. The SMILES string of the molecule is Cc1cc(N)c2c(c1N)NCC(CN(C)C)C2. The number of hydrogen-bond donors (Lipinski definition) is 3. The third-order valence-corrected chi connectivity index (χ3v) is 3.40. The second-order valence-electron chi connectivity index (χ2n) is 5.26. The van der Waals surface area contributed by atoms with Gasteiger partial charge in [0.15, 0.2) is 0 Å². The second kappa shape index (κ2) is 4.45. The minimum atomic E-state index is 0.599. The van der Waals surface area contributed by atoms with Crippen LogP contribution in [0.3, 0.4) is 0 Å². The van der Waals surface area contributed by atoms with Crippen LogP contribution in [0.15, 0.2) is 6.07 Å². The maximum Gasteiger partial charge on any atom is 0.0630 e. The highest BCUT2D eigenvalue weighted by Gasteiger charge is 2.23. The molecule has 0 aliphatic carbocycles. The normalized spacial score (nSPS) is 18.9. The summed E-state index contributed by atoms with van der Waals surface area (Å²) < 4.78 is 0. The fourth-order valence-corrected chi connectivity index (χ4v) is 2.58. The van der Waals surface area contributed by atoms with Gasteiger partial charge in [0, 0.05) is 24.3 Å². The molecule has 5 N–H and O–H groups in total. The van der Waals surface area contributed by atoms with Gasteiger partial charge in [0.1, 0.15) is 0 Å². The second-order valence-corrected chi connectivity index (χ2v) is 5.26. The molecule has 1 aliphatic rings. The van der Waals surface area contributed by atoms with Gasteiger partial charge in [-0.25, -0.2) is 0 Å². The molecule has 0 fully saturated rings. The molecule has 0 saturated carbocycles. The molecule has 1 aromatic rings. The maximum atomic E-state index is 6.09. The molecule has 94 valence electrons. The third-order valence-electron chi connectivity index (χ3n) is 3.40. The van der Waals surface area contributed by atoms with E-state index >= 15 is 0 Å². The predicted octanol–water partition coefficient (Wildman–Crippen LogP) is 1.31. The van der Waals surface area contributed by atoms with Crippen LogP contribution in [0.1, 0.15) is 11.1 Å². The Morgan fingerprint density at radius 3 is 2.76 bits per heavy atom. The summed E-state index contributed by atoms with van der Waals surface area (Å²) in [5.74, 6) is 0.599. The van der Waals surface area contributed by atoms with Crippen molar-refractivity contribution in [1.82, 2.24) is 4.90 Å². The molecular weight excluding hydrogens is 212 g/mol. The van der Waals surface area contributed by atoms with Gasteiger partial charge in [0.05, 0.1) is 11.4 Å². The summed E-state index contributed by atoms with van der Waals surface area (Å²) in [4.78, 5) is 2.21. The van der Waals surface area contributed by atoms with Crippen molar-refractivity contribution in [3.05, 3.63) is 17.2 Å². The van der Waals surface area contributed by atoms with Crippen molar-refractivity contribution in [3.8, 4) is 0 Å². The van der Waals surface area contributed by atoms with E-state index in [-0.39, 0.29) is 0 Å². The van der Waals surface area contributed by atoms with Gasteiger partial charge in [-0.1, -0.05) is 0 Å². The van der Waals surface area contributed by atoms with Gasteiger partial charge in [-0.15, -0.1) is 0 Å². The standard InChI is InChI=1S/C13H22N4/c1-8-4-11(14)10-5-9(7-17(2)3)6-16-13(10)12(8)15/h4,9,16H,5-7,14-15H2,1-3H3. The Bertz CT molecular complexity index is 426. The molecule has 0 bridgehead atoms. The van der Waals surface area contributed by atoms with E-state index in [9.17, 15) is 0 Å². The van der Waals surface area contributed by atoms with E-state index in [0.717, 1.165) is 42.1 Å². The minimum absolute atomic E-state index is 0.599. The molecule has 0 radical (unpaired) electrons. The Morgan fingerprint density at radius 2 is 2.12 bits per heavy atom. The molecule has 17 heavy (non-hydrogen) atoms. The average Bonchev–Trinajstić information content (AvgIpc) is 2.25. The first-order chi connectivity index (χ1) is 7.99. The molecule has 0 saturated heterocycles. The van der Waals surface area contributed by atoms with Crippen molar-refractivity contribution >= 4 is 17.1 Å². The van der Waals surface area contributed by atoms with Crippen LogP contribution in [0.4, 0.5) is 17.1 Å². The topological polar surface area (TPSA) is 67.3 Å². The highest BCUT2D eigenvalue weighted by atomic mass is 15.1. The van der Waals surface area contributed by atoms with E-state index in [0.29, 0.717) is 5.92 Å². The first kappa shape index (κ1) is 12.0. The van der Waals surface area contributed by atoms with Crippen LogP contribution in [-0.4, -0.2) is 32.1 Å². The van der Waals surface area contributed by atoms with E-state index in [1.165, 1.54) is 5.56 Å². The molecule has 4 nitrogen and oxygen atoms in total. The van der Waals surface area contributed by atoms with E-state index in [2.05, 4.69) is 24.3 Å². The summed E-state index contributed by atoms with van der Waals surface area (Å²) in [5, 5.41) is 3.44. The smallest absolute Gasteiger partial charge is 0.0630 e. The Hall–Kier alpha value is -1.42. The van der Waals surface area contributed by atoms with E-state index < -0.39 is 0 Å². The highest BCUT2D eigenvalue weighted by Crippen LogP contribution is 2.36. The van der Waals surface area contributed by atoms with Crippen LogP contribution in [0, 0.1) is 12.8 Å². The molecule has 1 unspecified atom stereocenters. The number of anilines is 3. The number of nitrogens with one attached hydrogen (secondary N) is 1. The zero-order valence-electron chi connectivity index (χ0n) is 10.9. The largest absolute Gasteiger partial charge is 0.398 e. The zero-order chi connectivity index (χ0) is 12.6. The Labute approximate surface area is 103 Å². The Balaban J connectivity index is 2.29. The van der Waals surface area contributed by atoms with Crippen molar-refractivity contribution in [2.24, 2.45) is 5.92 Å². The summed E-state index contributed by atoms with van der Waals surface area (Å²) in [6.07, 6.45) is 1.01. The number of rotatable bonds is 2. The molecular formula is C13H22N4. The van der Waals surface area contributed by atoms with Gasteiger partial charge < -0.3 is 21.7 Å². The molecule has 0 amide bonds. The Morgan fingerprint density at radius 1 is 1.41 bits per heavy atom. The lowest BCUT2D eigenvalue weighted by Crippen LogP contribution is -2.32. The van der Waals surface area contributed by atoms with Crippen LogP contribution in [0.25, 0.3) is 0 Å². The fraction of sp³-hybridized carbons (Fsp3) is 0.538. The lowest BCUT2D eigenvalue weighted by Gasteiger charge is -2.30. The van der Waals surface area contributed by atoms with Crippen LogP contribution in [0.5, 0.6) is 0 Å². The predicted molar refractivity (Wildman–Crippen MR) is 74.2 cm³/mol. The van der Waals surface area contributed by atoms with Crippen molar-refractivity contribution in [2.45, 2.75) is 13.3 Å². The van der Waals surface area contributed by atoms with E-state index in [1.54, 1.807) is 0 Å². The number of nitrogen functional groups attached to an aromatic ring is 2. The molecule has 1 aromatic carbocycles. The number of nitrogens with zero attached hydrogens (tertiary/aromatic N) is 1. The molecule has 0 spiro atoms. The molecule has 1 atom stereocenters. The summed E-state index contributed by atoms with van der Waals surface area (Å²) in [5.41, 5.74) is 17.2. The lowest BCUT2D eigenvalue weighted by molar-refractivity contribution is 0.328. The zero-order valence-corrected chi connectivity index (χ0v) is 10.9. The lowest BCUT2D eigenvalue weighted by atomic mass is 9.90. The number of benzene rings is 1. The van der Waals surface area contributed by atoms with Gasteiger partial charge in [0.25, 0.3) is 0 Å². The van der Waals surface area contributed by atoms with Crippen molar-refractivity contribution in [3.63, 3.8) is 0 Å². The fourth-order valence-electron chi connectivity index (χ4n) is 2.58. The summed E-state index contributed by atoms with van der Waals surface area (Å²) >= 11 is 0. The van der Waals surface area contributed by atoms with Gasteiger partial charge in [-0.2, -0.15) is 0 Å². The van der Waals surface area contributed by atoms with Crippen LogP contribution < -0.4 is 16.8 Å². The summed E-state index contributed by atoms with van der Waals surface area (Å²) in [6, 6.07) is 1.98. The molecule has 4 heteroatoms. The molecule has 0 aromatic heterocycles. The first-order valence-corrected chi connectivity index (χ1v) is 6.05. The van der Waals surface area contributed by atoms with Gasteiger partial charge in [0.2, 0.25) is 0 Å². The number of fused-ring (bicyclic) bond motifs is 1. The number of nitrogens with two attached hydrogens (primary N) is 2. The molecule has 2 rings (SSSR count). The van der Waals surface area contributed by atoms with Crippen molar-refractivity contribution < 1.29 is 0 Å². The number of hydrogen-bond acceptors (Lipinski definition) is 4. The summed E-state index contributed by atoms with van der Waals surface area (Å²) in [7, 11) is 4.20. The molecule has 1 aliphatic heterocycles. The first-order valence-electron chi connectivity index (χ1n) is 6.05.